The standard InChI is InChI=1S/C21H18BrFN2O3S/c1-27-20(26)17-12-28-11-10-25(17)21-24-18(19(22)29-21)15-4-2-13(3-5-15)14-6-8-16(23)9-7-14/h2-9,17H,10-12H2,1H3. The fraction of sp³-hybridized carbons (Fsp3) is 0.238. The van der Waals surface area contributed by atoms with Crippen LogP contribution in [0.25, 0.3) is 22.4 Å². The van der Waals surface area contributed by atoms with Gasteiger partial charge in [0.1, 0.15) is 5.82 Å². The van der Waals surface area contributed by atoms with Gasteiger partial charge in [-0.3, -0.25) is 0 Å². The largest absolute Gasteiger partial charge is 0.467 e. The number of morpholine rings is 1. The second-order valence-corrected chi connectivity index (χ2v) is 8.81. The molecule has 3 aromatic rings. The molecule has 0 aliphatic carbocycles. The predicted molar refractivity (Wildman–Crippen MR) is 115 cm³/mol. The molecule has 29 heavy (non-hydrogen) atoms. The zero-order valence-corrected chi connectivity index (χ0v) is 18.0. The number of rotatable bonds is 4. The van der Waals surface area contributed by atoms with Crippen LogP contribution in [0.15, 0.2) is 52.3 Å². The summed E-state index contributed by atoms with van der Waals surface area (Å²) < 4.78 is 24.4. The van der Waals surface area contributed by atoms with Gasteiger partial charge in [-0.15, -0.1) is 0 Å². The van der Waals surface area contributed by atoms with E-state index in [1.807, 2.05) is 29.2 Å². The Balaban J connectivity index is 1.60. The number of carbonyl (C=O) groups is 1. The van der Waals surface area contributed by atoms with Crippen molar-refractivity contribution in [2.45, 2.75) is 6.04 Å². The van der Waals surface area contributed by atoms with Gasteiger partial charge in [0.05, 0.1) is 29.8 Å². The van der Waals surface area contributed by atoms with Crippen molar-refractivity contribution in [2.75, 3.05) is 31.8 Å². The van der Waals surface area contributed by atoms with Crippen molar-refractivity contribution in [3.05, 3.63) is 58.1 Å². The summed E-state index contributed by atoms with van der Waals surface area (Å²) >= 11 is 5.08. The molecular formula is C21H18BrFN2O3S. The zero-order chi connectivity index (χ0) is 20.4. The molecule has 1 unspecified atom stereocenters. The maximum absolute atomic E-state index is 13.1. The van der Waals surface area contributed by atoms with Crippen LogP contribution in [0, 0.1) is 5.82 Å². The number of esters is 1. The first-order valence-electron chi connectivity index (χ1n) is 9.01. The molecule has 1 atom stereocenters. The van der Waals surface area contributed by atoms with Gasteiger partial charge in [0, 0.05) is 12.1 Å². The summed E-state index contributed by atoms with van der Waals surface area (Å²) in [4.78, 5) is 18.8. The number of aromatic nitrogens is 1. The molecule has 0 saturated carbocycles. The molecule has 0 N–H and O–H groups in total. The van der Waals surface area contributed by atoms with Crippen molar-refractivity contribution in [2.24, 2.45) is 0 Å². The Hall–Kier alpha value is -2.29. The predicted octanol–water partition coefficient (Wildman–Crippen LogP) is 4.76. The Kier molecular flexibility index (Phi) is 5.94. The number of anilines is 1. The van der Waals surface area contributed by atoms with Crippen LogP contribution >= 0.6 is 27.3 Å². The molecule has 1 aromatic heterocycles. The lowest BCUT2D eigenvalue weighted by atomic mass is 10.0. The second kappa shape index (κ2) is 8.61. The number of hydrogen-bond donors (Lipinski definition) is 0. The van der Waals surface area contributed by atoms with E-state index in [1.54, 1.807) is 12.1 Å². The van der Waals surface area contributed by atoms with Crippen LogP contribution in [0.4, 0.5) is 9.52 Å². The normalized spacial score (nSPS) is 16.7. The van der Waals surface area contributed by atoms with E-state index in [2.05, 4.69) is 15.9 Å². The number of nitrogens with zero attached hydrogens (tertiary/aromatic N) is 2. The van der Waals surface area contributed by atoms with Crippen molar-refractivity contribution in [3.8, 4) is 22.4 Å². The van der Waals surface area contributed by atoms with Gasteiger partial charge in [-0.1, -0.05) is 47.7 Å². The van der Waals surface area contributed by atoms with Crippen LogP contribution in [0.3, 0.4) is 0 Å². The number of thiazole rings is 1. The third-order valence-corrected chi connectivity index (χ3v) is 6.50. The molecule has 0 bridgehead atoms. The molecule has 0 radical (unpaired) electrons. The number of halogens is 2. The Morgan fingerprint density at radius 1 is 1.17 bits per heavy atom. The lowest BCUT2D eigenvalue weighted by Crippen LogP contribution is -2.50. The molecule has 8 heteroatoms. The minimum absolute atomic E-state index is 0.252. The van der Waals surface area contributed by atoms with E-state index >= 15 is 0 Å². The maximum Gasteiger partial charge on any atom is 0.330 e. The monoisotopic (exact) mass is 476 g/mol. The molecule has 5 nitrogen and oxygen atoms in total. The van der Waals surface area contributed by atoms with E-state index in [0.29, 0.717) is 13.2 Å². The van der Waals surface area contributed by atoms with Gasteiger partial charge in [0.25, 0.3) is 0 Å². The van der Waals surface area contributed by atoms with Gasteiger partial charge < -0.3 is 14.4 Å². The van der Waals surface area contributed by atoms with E-state index < -0.39 is 6.04 Å². The van der Waals surface area contributed by atoms with E-state index in [0.717, 1.165) is 31.3 Å². The fourth-order valence-electron chi connectivity index (χ4n) is 3.22. The topological polar surface area (TPSA) is 51.7 Å². The summed E-state index contributed by atoms with van der Waals surface area (Å²) in [5, 5.41) is 0.744. The number of methoxy groups -OCH3 is 1. The van der Waals surface area contributed by atoms with Crippen molar-refractivity contribution in [1.82, 2.24) is 4.98 Å². The zero-order valence-electron chi connectivity index (χ0n) is 15.6. The molecule has 0 spiro atoms. The number of benzene rings is 2. The van der Waals surface area contributed by atoms with Crippen LogP contribution in [-0.4, -0.2) is 43.9 Å². The molecule has 1 aliphatic rings. The van der Waals surface area contributed by atoms with Crippen LogP contribution in [0.1, 0.15) is 0 Å². The van der Waals surface area contributed by atoms with Gasteiger partial charge in [-0.05, 0) is 39.2 Å². The smallest absolute Gasteiger partial charge is 0.330 e. The molecule has 150 valence electrons. The highest BCUT2D eigenvalue weighted by Gasteiger charge is 2.32. The quantitative estimate of drug-likeness (QED) is 0.508. The Morgan fingerprint density at radius 3 is 2.45 bits per heavy atom. The lowest BCUT2D eigenvalue weighted by molar-refractivity contribution is -0.144. The Labute approximate surface area is 180 Å². The average Bonchev–Trinajstić information content (AvgIpc) is 3.15. The van der Waals surface area contributed by atoms with Gasteiger partial charge in [0.15, 0.2) is 11.2 Å². The fourth-order valence-corrected chi connectivity index (χ4v) is 4.86. The van der Waals surface area contributed by atoms with E-state index in [1.165, 1.54) is 30.6 Å². The lowest BCUT2D eigenvalue weighted by Gasteiger charge is -2.33. The number of carbonyl (C=O) groups excluding carboxylic acids is 1. The third-order valence-electron chi connectivity index (χ3n) is 4.76. The summed E-state index contributed by atoms with van der Waals surface area (Å²) in [5.74, 6) is -0.584. The average molecular weight is 477 g/mol. The maximum atomic E-state index is 13.1. The van der Waals surface area contributed by atoms with Crippen LogP contribution in [0.2, 0.25) is 0 Å². The highest BCUT2D eigenvalue weighted by Crippen LogP contribution is 2.38. The van der Waals surface area contributed by atoms with Gasteiger partial charge in [0.2, 0.25) is 0 Å². The highest BCUT2D eigenvalue weighted by atomic mass is 79.9. The van der Waals surface area contributed by atoms with Crippen LogP contribution < -0.4 is 4.90 Å². The van der Waals surface area contributed by atoms with Crippen molar-refractivity contribution in [1.29, 1.82) is 0 Å². The Morgan fingerprint density at radius 2 is 1.79 bits per heavy atom. The summed E-state index contributed by atoms with van der Waals surface area (Å²) in [6.07, 6.45) is 0. The molecule has 2 heterocycles. The molecular weight excluding hydrogens is 459 g/mol. The first-order valence-corrected chi connectivity index (χ1v) is 10.6. The van der Waals surface area contributed by atoms with Crippen LogP contribution in [-0.2, 0) is 14.3 Å². The van der Waals surface area contributed by atoms with Gasteiger partial charge in [-0.25, -0.2) is 14.2 Å². The molecule has 1 fully saturated rings. The van der Waals surface area contributed by atoms with Crippen molar-refractivity contribution >= 4 is 38.4 Å². The van der Waals surface area contributed by atoms with E-state index in [-0.39, 0.29) is 18.4 Å². The summed E-state index contributed by atoms with van der Waals surface area (Å²) in [6.45, 7) is 1.39. The molecule has 2 aromatic carbocycles. The van der Waals surface area contributed by atoms with Crippen LogP contribution in [0.5, 0.6) is 0 Å². The molecule has 1 aliphatic heterocycles. The number of hydrogen-bond acceptors (Lipinski definition) is 6. The summed E-state index contributed by atoms with van der Waals surface area (Å²) in [5.41, 5.74) is 3.71. The molecule has 0 amide bonds. The van der Waals surface area contributed by atoms with Crippen molar-refractivity contribution in [3.63, 3.8) is 0 Å². The minimum Gasteiger partial charge on any atom is -0.467 e. The minimum atomic E-state index is -0.500. The Bertz CT molecular complexity index is 1010. The second-order valence-electron chi connectivity index (χ2n) is 6.51. The van der Waals surface area contributed by atoms with E-state index in [9.17, 15) is 9.18 Å². The summed E-state index contributed by atoms with van der Waals surface area (Å²) in [7, 11) is 1.38. The first kappa shape index (κ1) is 20.0. The molecule has 1 saturated heterocycles. The van der Waals surface area contributed by atoms with Crippen molar-refractivity contribution < 1.29 is 18.7 Å². The molecule has 4 rings (SSSR count). The first-order chi connectivity index (χ1) is 14.1. The summed E-state index contributed by atoms with van der Waals surface area (Å²) in [6, 6.07) is 13.9. The third kappa shape index (κ3) is 4.19. The van der Waals surface area contributed by atoms with E-state index in [4.69, 9.17) is 14.5 Å². The van der Waals surface area contributed by atoms with Gasteiger partial charge in [-0.2, -0.15) is 0 Å². The van der Waals surface area contributed by atoms with Gasteiger partial charge >= 0.3 is 5.97 Å². The number of ether oxygens (including phenoxy) is 2. The SMILES string of the molecule is COC(=O)C1COCCN1c1nc(-c2ccc(-c3ccc(F)cc3)cc2)c(Br)s1. The highest BCUT2D eigenvalue weighted by molar-refractivity contribution is 9.11.